The van der Waals surface area contributed by atoms with Gasteiger partial charge in [0.25, 0.3) is 5.91 Å². The van der Waals surface area contributed by atoms with Gasteiger partial charge in [-0.1, -0.05) is 32.6 Å². The van der Waals surface area contributed by atoms with E-state index in [1.165, 1.54) is 25.7 Å². The third-order valence-corrected chi connectivity index (χ3v) is 4.49. The average molecular weight is 361 g/mol. The van der Waals surface area contributed by atoms with E-state index in [4.69, 9.17) is 4.74 Å². The van der Waals surface area contributed by atoms with Crippen LogP contribution in [0.2, 0.25) is 0 Å². The van der Waals surface area contributed by atoms with Gasteiger partial charge in [-0.15, -0.1) is 0 Å². The van der Waals surface area contributed by atoms with Gasteiger partial charge in [-0.05, 0) is 30.7 Å². The molecule has 1 heterocycles. The SMILES string of the molecule is CCCCCCCNC(=O)CNc1ccc(C(=O)N2CCOCC2)cc1. The molecule has 2 N–H and O–H groups in total. The minimum Gasteiger partial charge on any atom is -0.378 e. The van der Waals surface area contributed by atoms with E-state index in [1.807, 2.05) is 12.1 Å². The first-order chi connectivity index (χ1) is 12.7. The van der Waals surface area contributed by atoms with Crippen molar-refractivity contribution in [2.75, 3.05) is 44.7 Å². The fraction of sp³-hybridized carbons (Fsp3) is 0.600. The molecule has 6 heteroatoms. The van der Waals surface area contributed by atoms with Crippen LogP contribution in [0.3, 0.4) is 0 Å². The van der Waals surface area contributed by atoms with E-state index in [1.54, 1.807) is 17.0 Å². The fourth-order valence-corrected chi connectivity index (χ4v) is 2.88. The van der Waals surface area contributed by atoms with E-state index in [0.29, 0.717) is 31.9 Å². The number of amides is 2. The van der Waals surface area contributed by atoms with Gasteiger partial charge in [-0.25, -0.2) is 0 Å². The predicted octanol–water partition coefficient (Wildman–Crippen LogP) is 2.66. The minimum atomic E-state index is -0.00559. The van der Waals surface area contributed by atoms with E-state index in [2.05, 4.69) is 17.6 Å². The molecule has 1 saturated heterocycles. The summed E-state index contributed by atoms with van der Waals surface area (Å²) in [7, 11) is 0. The molecule has 1 aliphatic heterocycles. The maximum Gasteiger partial charge on any atom is 0.254 e. The lowest BCUT2D eigenvalue weighted by molar-refractivity contribution is -0.119. The van der Waals surface area contributed by atoms with Gasteiger partial charge in [0.1, 0.15) is 0 Å². The first-order valence-electron chi connectivity index (χ1n) is 9.68. The molecular weight excluding hydrogens is 330 g/mol. The molecule has 6 nitrogen and oxygen atoms in total. The zero-order valence-electron chi connectivity index (χ0n) is 15.8. The van der Waals surface area contributed by atoms with Crippen LogP contribution in [0.25, 0.3) is 0 Å². The Balaban J connectivity index is 1.66. The zero-order chi connectivity index (χ0) is 18.6. The molecule has 1 aliphatic rings. The van der Waals surface area contributed by atoms with Crippen LogP contribution in [0.5, 0.6) is 0 Å². The van der Waals surface area contributed by atoms with E-state index >= 15 is 0 Å². The summed E-state index contributed by atoms with van der Waals surface area (Å²) >= 11 is 0. The summed E-state index contributed by atoms with van der Waals surface area (Å²) in [5.41, 5.74) is 1.50. The number of carbonyl (C=O) groups is 2. The van der Waals surface area contributed by atoms with Crippen LogP contribution in [0, 0.1) is 0 Å². The summed E-state index contributed by atoms with van der Waals surface area (Å²) in [4.78, 5) is 26.0. The van der Waals surface area contributed by atoms with Crippen LogP contribution >= 0.6 is 0 Å². The number of unbranched alkanes of at least 4 members (excludes halogenated alkanes) is 4. The highest BCUT2D eigenvalue weighted by Gasteiger charge is 2.18. The largest absolute Gasteiger partial charge is 0.378 e. The Morgan fingerprint density at radius 1 is 1.04 bits per heavy atom. The molecule has 2 rings (SSSR count). The second kappa shape index (κ2) is 11.5. The highest BCUT2D eigenvalue weighted by Crippen LogP contribution is 2.12. The summed E-state index contributed by atoms with van der Waals surface area (Å²) < 4.78 is 5.27. The Kier molecular flexibility index (Phi) is 8.96. The number of ether oxygens (including phenoxy) is 1. The summed E-state index contributed by atoms with van der Waals surface area (Å²) in [5.74, 6) is 0.0228. The van der Waals surface area contributed by atoms with Crippen LogP contribution in [-0.4, -0.2) is 56.1 Å². The average Bonchev–Trinajstić information content (AvgIpc) is 2.69. The molecule has 0 atom stereocenters. The van der Waals surface area contributed by atoms with E-state index in [-0.39, 0.29) is 18.4 Å². The Bertz CT molecular complexity index is 554. The van der Waals surface area contributed by atoms with Gasteiger partial charge in [0, 0.05) is 30.9 Å². The van der Waals surface area contributed by atoms with Crippen molar-refractivity contribution < 1.29 is 14.3 Å². The van der Waals surface area contributed by atoms with Crippen molar-refractivity contribution in [1.82, 2.24) is 10.2 Å². The van der Waals surface area contributed by atoms with E-state index in [9.17, 15) is 9.59 Å². The second-order valence-corrected chi connectivity index (χ2v) is 6.60. The number of rotatable bonds is 10. The first-order valence-corrected chi connectivity index (χ1v) is 9.68. The minimum absolute atomic E-state index is 0.00559. The smallest absolute Gasteiger partial charge is 0.254 e. The van der Waals surface area contributed by atoms with Gasteiger partial charge in [0.05, 0.1) is 19.8 Å². The van der Waals surface area contributed by atoms with Crippen molar-refractivity contribution in [3.05, 3.63) is 29.8 Å². The molecule has 144 valence electrons. The third-order valence-electron chi connectivity index (χ3n) is 4.49. The lowest BCUT2D eigenvalue weighted by Crippen LogP contribution is -2.40. The van der Waals surface area contributed by atoms with Crippen molar-refractivity contribution in [1.29, 1.82) is 0 Å². The maximum atomic E-state index is 12.4. The summed E-state index contributed by atoms with van der Waals surface area (Å²) in [5, 5.41) is 6.02. The highest BCUT2D eigenvalue weighted by molar-refractivity contribution is 5.94. The Morgan fingerprint density at radius 3 is 2.42 bits per heavy atom. The molecule has 0 aliphatic carbocycles. The molecule has 1 aromatic carbocycles. The summed E-state index contributed by atoms with van der Waals surface area (Å²) in [6.07, 6.45) is 5.93. The number of nitrogens with zero attached hydrogens (tertiary/aromatic N) is 1. The highest BCUT2D eigenvalue weighted by atomic mass is 16.5. The molecule has 2 amide bonds. The van der Waals surface area contributed by atoms with Crippen molar-refractivity contribution in [2.45, 2.75) is 39.0 Å². The van der Waals surface area contributed by atoms with Crippen LogP contribution in [0.4, 0.5) is 5.69 Å². The Hall–Kier alpha value is -2.08. The topological polar surface area (TPSA) is 70.7 Å². The quantitative estimate of drug-likeness (QED) is 0.629. The van der Waals surface area contributed by atoms with Gasteiger partial charge < -0.3 is 20.3 Å². The number of hydrogen-bond acceptors (Lipinski definition) is 4. The number of morpholine rings is 1. The van der Waals surface area contributed by atoms with Gasteiger partial charge in [-0.2, -0.15) is 0 Å². The number of hydrogen-bond donors (Lipinski definition) is 2. The molecular formula is C20H31N3O3. The summed E-state index contributed by atoms with van der Waals surface area (Å²) in [6, 6.07) is 7.27. The van der Waals surface area contributed by atoms with Crippen LogP contribution < -0.4 is 10.6 Å². The molecule has 1 aromatic rings. The fourth-order valence-electron chi connectivity index (χ4n) is 2.88. The van der Waals surface area contributed by atoms with Gasteiger partial charge >= 0.3 is 0 Å². The van der Waals surface area contributed by atoms with Gasteiger partial charge in [-0.3, -0.25) is 9.59 Å². The van der Waals surface area contributed by atoms with Crippen molar-refractivity contribution in [3.8, 4) is 0 Å². The molecule has 0 unspecified atom stereocenters. The Morgan fingerprint density at radius 2 is 1.73 bits per heavy atom. The Labute approximate surface area is 156 Å². The van der Waals surface area contributed by atoms with Crippen LogP contribution in [-0.2, 0) is 9.53 Å². The molecule has 26 heavy (non-hydrogen) atoms. The lowest BCUT2D eigenvalue weighted by atomic mass is 10.1. The zero-order valence-corrected chi connectivity index (χ0v) is 15.8. The van der Waals surface area contributed by atoms with Gasteiger partial charge in [0.2, 0.25) is 5.91 Å². The van der Waals surface area contributed by atoms with Crippen LogP contribution in [0.15, 0.2) is 24.3 Å². The van der Waals surface area contributed by atoms with E-state index in [0.717, 1.165) is 18.7 Å². The second-order valence-electron chi connectivity index (χ2n) is 6.60. The van der Waals surface area contributed by atoms with Crippen LogP contribution in [0.1, 0.15) is 49.4 Å². The molecule has 0 spiro atoms. The van der Waals surface area contributed by atoms with Crippen molar-refractivity contribution in [3.63, 3.8) is 0 Å². The number of carbonyl (C=O) groups excluding carboxylic acids is 2. The van der Waals surface area contributed by atoms with Crippen molar-refractivity contribution >= 4 is 17.5 Å². The molecule has 0 aromatic heterocycles. The third kappa shape index (κ3) is 7.04. The normalized spacial score (nSPS) is 14.1. The standard InChI is InChI=1S/C20H31N3O3/c1-2-3-4-5-6-11-21-19(24)16-22-18-9-7-17(8-10-18)20(25)23-12-14-26-15-13-23/h7-10,22H,2-6,11-16H2,1H3,(H,21,24). The van der Waals surface area contributed by atoms with Gasteiger partial charge in [0.15, 0.2) is 0 Å². The number of anilines is 1. The molecule has 0 radical (unpaired) electrons. The monoisotopic (exact) mass is 361 g/mol. The number of benzene rings is 1. The predicted molar refractivity (Wildman–Crippen MR) is 103 cm³/mol. The first kappa shape index (κ1) is 20.2. The maximum absolute atomic E-state index is 12.4. The van der Waals surface area contributed by atoms with E-state index < -0.39 is 0 Å². The lowest BCUT2D eigenvalue weighted by Gasteiger charge is -2.26. The summed E-state index contributed by atoms with van der Waals surface area (Å²) in [6.45, 7) is 5.63. The molecule has 1 fully saturated rings. The molecule has 0 saturated carbocycles. The van der Waals surface area contributed by atoms with Crippen molar-refractivity contribution in [2.24, 2.45) is 0 Å². The molecule has 0 bridgehead atoms. The number of nitrogens with one attached hydrogen (secondary N) is 2.